The van der Waals surface area contributed by atoms with E-state index in [4.69, 9.17) is 5.73 Å². The van der Waals surface area contributed by atoms with E-state index < -0.39 is 17.4 Å². The Morgan fingerprint density at radius 2 is 1.81 bits per heavy atom. The molecular weight excluding hydrogens is 350 g/mol. The van der Waals surface area contributed by atoms with Crippen molar-refractivity contribution in [2.75, 3.05) is 11.9 Å². The molecule has 0 spiro atoms. The summed E-state index contributed by atoms with van der Waals surface area (Å²) in [4.78, 5) is 8.81. The lowest BCUT2D eigenvalue weighted by atomic mass is 10.0. The molecule has 1 heterocycles. The van der Waals surface area contributed by atoms with Crippen LogP contribution in [0.3, 0.4) is 0 Å². The zero-order valence-corrected chi connectivity index (χ0v) is 15.2. The Balaban J connectivity index is 2.02. The number of nitrogens with zero attached hydrogens (tertiary/aromatic N) is 2. The highest BCUT2D eigenvalue weighted by molar-refractivity contribution is 5.90. The van der Waals surface area contributed by atoms with Gasteiger partial charge in [0.2, 0.25) is 0 Å². The highest BCUT2D eigenvalue weighted by Gasteiger charge is 2.16. The summed E-state index contributed by atoms with van der Waals surface area (Å²) in [6, 6.07) is 8.88. The summed E-state index contributed by atoms with van der Waals surface area (Å²) >= 11 is 0. The van der Waals surface area contributed by atoms with Crippen molar-refractivity contribution in [1.29, 1.82) is 0 Å². The minimum atomic E-state index is -1.13. The number of phenolic OH excluding ortho intramolecular Hbond substituents is 1. The van der Waals surface area contributed by atoms with Crippen molar-refractivity contribution in [2.45, 2.75) is 26.3 Å². The molecule has 5 nitrogen and oxygen atoms in total. The van der Waals surface area contributed by atoms with Crippen LogP contribution in [0.1, 0.15) is 20.3 Å². The summed E-state index contributed by atoms with van der Waals surface area (Å²) in [7, 11) is 0. The van der Waals surface area contributed by atoms with E-state index in [1.54, 1.807) is 6.07 Å². The van der Waals surface area contributed by atoms with Crippen molar-refractivity contribution in [3.05, 3.63) is 48.0 Å². The van der Waals surface area contributed by atoms with Crippen LogP contribution < -0.4 is 11.1 Å². The molecule has 7 heteroatoms. The number of hydrogen-bond acceptors (Lipinski definition) is 5. The number of aromatic hydroxyl groups is 1. The maximum atomic E-state index is 13.7. The Morgan fingerprint density at radius 3 is 2.56 bits per heavy atom. The van der Waals surface area contributed by atoms with E-state index in [-0.39, 0.29) is 17.4 Å². The first-order valence-electron chi connectivity index (χ1n) is 8.79. The second-order valence-electron chi connectivity index (χ2n) is 6.97. The largest absolute Gasteiger partial charge is 0.507 e. The quantitative estimate of drug-likeness (QED) is 0.608. The third-order valence-electron chi connectivity index (χ3n) is 4.19. The van der Waals surface area contributed by atoms with Crippen molar-refractivity contribution in [2.24, 2.45) is 11.7 Å². The summed E-state index contributed by atoms with van der Waals surface area (Å²) in [5.74, 6) is -1.53. The molecule has 2 aromatic carbocycles. The predicted octanol–water partition coefficient (Wildman–Crippen LogP) is 4.07. The van der Waals surface area contributed by atoms with E-state index in [0.29, 0.717) is 23.8 Å². The van der Waals surface area contributed by atoms with Crippen molar-refractivity contribution in [3.8, 4) is 17.1 Å². The molecule has 0 aliphatic carbocycles. The molecule has 27 heavy (non-hydrogen) atoms. The van der Waals surface area contributed by atoms with Gasteiger partial charge in [-0.2, -0.15) is 0 Å². The third kappa shape index (κ3) is 4.31. The number of halogens is 2. The number of para-hydroxylation sites is 1. The molecule has 0 amide bonds. The molecular formula is C20H22F2N4O. The molecule has 1 aromatic heterocycles. The molecule has 4 N–H and O–H groups in total. The van der Waals surface area contributed by atoms with Crippen LogP contribution in [0.15, 0.2) is 36.4 Å². The van der Waals surface area contributed by atoms with Gasteiger partial charge in [-0.3, -0.25) is 0 Å². The lowest BCUT2D eigenvalue weighted by Gasteiger charge is -2.17. The molecule has 0 aliphatic heterocycles. The lowest BCUT2D eigenvalue weighted by molar-refractivity contribution is 0.456. The van der Waals surface area contributed by atoms with Crippen molar-refractivity contribution in [1.82, 2.24) is 9.97 Å². The van der Waals surface area contributed by atoms with Crippen molar-refractivity contribution in [3.63, 3.8) is 0 Å². The SMILES string of the molecule is CC(C)CC(N)CNc1nc(-c2cc(F)c(F)cc2O)nc2ccccc12. The average Bonchev–Trinajstić information content (AvgIpc) is 2.62. The number of aromatic nitrogens is 2. The zero-order chi connectivity index (χ0) is 19.6. The molecule has 3 aromatic rings. The Morgan fingerprint density at radius 1 is 1.11 bits per heavy atom. The topological polar surface area (TPSA) is 84.1 Å². The molecule has 1 unspecified atom stereocenters. The monoisotopic (exact) mass is 372 g/mol. The van der Waals surface area contributed by atoms with Gasteiger partial charge in [-0.1, -0.05) is 26.0 Å². The first-order valence-corrected chi connectivity index (χ1v) is 8.79. The summed E-state index contributed by atoms with van der Waals surface area (Å²) in [5, 5.41) is 14.0. The molecule has 142 valence electrons. The van der Waals surface area contributed by atoms with Crippen LogP contribution in [0.25, 0.3) is 22.3 Å². The van der Waals surface area contributed by atoms with E-state index >= 15 is 0 Å². The number of rotatable bonds is 6. The second kappa shape index (κ2) is 7.84. The van der Waals surface area contributed by atoms with Gasteiger partial charge < -0.3 is 16.2 Å². The molecule has 0 radical (unpaired) electrons. The number of benzene rings is 2. The highest BCUT2D eigenvalue weighted by atomic mass is 19.2. The van der Waals surface area contributed by atoms with Gasteiger partial charge >= 0.3 is 0 Å². The summed E-state index contributed by atoms with van der Waals surface area (Å²) in [6.07, 6.45) is 0.854. The number of fused-ring (bicyclic) bond motifs is 1. The van der Waals surface area contributed by atoms with E-state index in [1.165, 1.54) is 0 Å². The number of nitrogens with one attached hydrogen (secondary N) is 1. The van der Waals surface area contributed by atoms with Gasteiger partial charge in [0.15, 0.2) is 17.5 Å². The van der Waals surface area contributed by atoms with Crippen LogP contribution in [0.5, 0.6) is 5.75 Å². The van der Waals surface area contributed by atoms with Crippen molar-refractivity contribution < 1.29 is 13.9 Å². The van der Waals surface area contributed by atoms with Crippen LogP contribution in [0.4, 0.5) is 14.6 Å². The fraction of sp³-hybridized carbons (Fsp3) is 0.300. The van der Waals surface area contributed by atoms with E-state index in [9.17, 15) is 13.9 Å². The van der Waals surface area contributed by atoms with E-state index in [2.05, 4.69) is 29.1 Å². The standard InChI is InChI=1S/C20H22F2N4O/c1-11(2)7-12(23)10-24-19-13-5-3-4-6-17(13)25-20(26-19)14-8-15(21)16(22)9-18(14)27/h3-6,8-9,11-12,27H,7,10,23H2,1-2H3,(H,24,25,26). The molecule has 1 atom stereocenters. The zero-order valence-electron chi connectivity index (χ0n) is 15.2. The van der Waals surface area contributed by atoms with E-state index in [1.807, 2.05) is 18.2 Å². The maximum absolute atomic E-state index is 13.7. The minimum absolute atomic E-state index is 0.0224. The fourth-order valence-electron chi connectivity index (χ4n) is 2.96. The van der Waals surface area contributed by atoms with Gasteiger partial charge in [0.05, 0.1) is 11.1 Å². The fourth-order valence-corrected chi connectivity index (χ4v) is 2.96. The molecule has 0 fully saturated rings. The Bertz CT molecular complexity index is 962. The number of phenols is 1. The first kappa shape index (κ1) is 19.0. The van der Waals surface area contributed by atoms with Gasteiger partial charge in [-0.05, 0) is 30.5 Å². The predicted molar refractivity (Wildman–Crippen MR) is 102 cm³/mol. The average molecular weight is 372 g/mol. The summed E-state index contributed by atoms with van der Waals surface area (Å²) in [6.45, 7) is 4.70. The normalized spacial score (nSPS) is 12.5. The van der Waals surface area contributed by atoms with Gasteiger partial charge in [-0.25, -0.2) is 18.7 Å². The van der Waals surface area contributed by atoms with Gasteiger partial charge in [0.1, 0.15) is 11.6 Å². The van der Waals surface area contributed by atoms with Gasteiger partial charge in [-0.15, -0.1) is 0 Å². The number of anilines is 1. The number of hydrogen-bond donors (Lipinski definition) is 3. The summed E-state index contributed by atoms with van der Waals surface area (Å²) < 4.78 is 27.0. The van der Waals surface area contributed by atoms with Crippen LogP contribution in [-0.2, 0) is 0 Å². The highest BCUT2D eigenvalue weighted by Crippen LogP contribution is 2.31. The molecule has 0 saturated carbocycles. The first-order chi connectivity index (χ1) is 12.8. The Hall–Kier alpha value is -2.80. The van der Waals surface area contributed by atoms with E-state index in [0.717, 1.165) is 23.9 Å². The van der Waals surface area contributed by atoms with Crippen LogP contribution in [-0.4, -0.2) is 27.7 Å². The third-order valence-corrected chi connectivity index (χ3v) is 4.19. The van der Waals surface area contributed by atoms with Gasteiger partial charge in [0, 0.05) is 24.0 Å². The van der Waals surface area contributed by atoms with Crippen LogP contribution in [0, 0.1) is 17.6 Å². The van der Waals surface area contributed by atoms with Gasteiger partial charge in [0.25, 0.3) is 0 Å². The minimum Gasteiger partial charge on any atom is -0.507 e. The lowest BCUT2D eigenvalue weighted by Crippen LogP contribution is -2.30. The van der Waals surface area contributed by atoms with Crippen LogP contribution in [0.2, 0.25) is 0 Å². The Kier molecular flexibility index (Phi) is 5.51. The molecule has 0 saturated heterocycles. The Labute approximate surface area is 156 Å². The van der Waals surface area contributed by atoms with Crippen molar-refractivity contribution >= 4 is 16.7 Å². The molecule has 3 rings (SSSR count). The molecule has 0 aliphatic rings. The molecule has 0 bridgehead atoms. The summed E-state index contributed by atoms with van der Waals surface area (Å²) in [5.41, 5.74) is 6.78. The second-order valence-corrected chi connectivity index (χ2v) is 6.97. The smallest absolute Gasteiger partial charge is 0.165 e. The maximum Gasteiger partial charge on any atom is 0.165 e. The van der Waals surface area contributed by atoms with Crippen LogP contribution >= 0.6 is 0 Å². The number of nitrogens with two attached hydrogens (primary N) is 1.